The molecule has 0 unspecified atom stereocenters. The van der Waals surface area contributed by atoms with Crippen molar-refractivity contribution < 1.29 is 4.39 Å². The SMILES string of the molecule is Fc1ccc2nc(-c3cc(Cl)cc(Br)c3)[nH]c2c1. The third-order valence-electron chi connectivity index (χ3n) is 2.58. The van der Waals surface area contributed by atoms with Crippen molar-refractivity contribution in [2.75, 3.05) is 0 Å². The minimum atomic E-state index is -0.287. The number of aromatic nitrogens is 2. The van der Waals surface area contributed by atoms with Crippen LogP contribution in [0, 0.1) is 5.82 Å². The van der Waals surface area contributed by atoms with E-state index in [0.717, 1.165) is 15.6 Å². The summed E-state index contributed by atoms with van der Waals surface area (Å²) in [7, 11) is 0. The predicted octanol–water partition coefficient (Wildman–Crippen LogP) is 4.78. The van der Waals surface area contributed by atoms with Crippen LogP contribution in [0.4, 0.5) is 4.39 Å². The van der Waals surface area contributed by atoms with Crippen LogP contribution in [-0.2, 0) is 0 Å². The van der Waals surface area contributed by atoms with Crippen LogP contribution < -0.4 is 0 Å². The average Bonchev–Trinajstić information content (AvgIpc) is 2.70. The van der Waals surface area contributed by atoms with Crippen LogP contribution in [0.3, 0.4) is 0 Å². The molecule has 0 amide bonds. The largest absolute Gasteiger partial charge is 0.338 e. The minimum absolute atomic E-state index is 0.287. The van der Waals surface area contributed by atoms with E-state index < -0.39 is 0 Å². The summed E-state index contributed by atoms with van der Waals surface area (Å²) in [6.45, 7) is 0. The van der Waals surface area contributed by atoms with E-state index in [1.807, 2.05) is 6.07 Å². The molecule has 1 aromatic heterocycles. The fraction of sp³-hybridized carbons (Fsp3) is 0. The molecule has 5 heteroatoms. The summed E-state index contributed by atoms with van der Waals surface area (Å²) in [5.74, 6) is 0.378. The van der Waals surface area contributed by atoms with Crippen molar-refractivity contribution in [1.29, 1.82) is 0 Å². The Kier molecular flexibility index (Phi) is 2.84. The Bertz CT molecular complexity index is 719. The lowest BCUT2D eigenvalue weighted by Gasteiger charge is -1.99. The number of rotatable bonds is 1. The monoisotopic (exact) mass is 324 g/mol. The molecule has 2 aromatic carbocycles. The van der Waals surface area contributed by atoms with Crippen LogP contribution in [0.2, 0.25) is 5.02 Å². The lowest BCUT2D eigenvalue weighted by atomic mass is 10.2. The van der Waals surface area contributed by atoms with E-state index in [1.165, 1.54) is 12.1 Å². The molecule has 0 aliphatic heterocycles. The van der Waals surface area contributed by atoms with Crippen molar-refractivity contribution >= 4 is 38.6 Å². The highest BCUT2D eigenvalue weighted by atomic mass is 79.9. The molecule has 0 saturated heterocycles. The molecule has 90 valence electrons. The van der Waals surface area contributed by atoms with Gasteiger partial charge >= 0.3 is 0 Å². The number of fused-ring (bicyclic) bond motifs is 1. The van der Waals surface area contributed by atoms with Crippen molar-refractivity contribution in [3.05, 3.63) is 51.7 Å². The van der Waals surface area contributed by atoms with Gasteiger partial charge < -0.3 is 4.98 Å². The van der Waals surface area contributed by atoms with Gasteiger partial charge in [0.1, 0.15) is 11.6 Å². The standard InChI is InChI=1S/C13H7BrClFN2/c14-8-3-7(4-9(15)5-8)13-17-11-2-1-10(16)6-12(11)18-13/h1-6H,(H,17,18). The highest BCUT2D eigenvalue weighted by molar-refractivity contribution is 9.10. The predicted molar refractivity (Wildman–Crippen MR) is 74.2 cm³/mol. The van der Waals surface area contributed by atoms with Crippen LogP contribution in [0.5, 0.6) is 0 Å². The molecular weight excluding hydrogens is 319 g/mol. The Morgan fingerprint density at radius 2 is 2.00 bits per heavy atom. The van der Waals surface area contributed by atoms with Crippen molar-refractivity contribution in [3.8, 4) is 11.4 Å². The van der Waals surface area contributed by atoms with Crippen molar-refractivity contribution in [1.82, 2.24) is 9.97 Å². The number of nitrogens with zero attached hydrogens (tertiary/aromatic N) is 1. The second kappa shape index (κ2) is 4.37. The number of hydrogen-bond acceptors (Lipinski definition) is 1. The van der Waals surface area contributed by atoms with Gasteiger partial charge in [0, 0.05) is 15.1 Å². The zero-order chi connectivity index (χ0) is 12.7. The fourth-order valence-electron chi connectivity index (χ4n) is 1.81. The number of benzene rings is 2. The molecule has 0 aliphatic rings. The Morgan fingerprint density at radius 3 is 2.78 bits per heavy atom. The van der Waals surface area contributed by atoms with Crippen molar-refractivity contribution in [2.45, 2.75) is 0 Å². The lowest BCUT2D eigenvalue weighted by Crippen LogP contribution is -1.80. The maximum absolute atomic E-state index is 13.1. The van der Waals surface area contributed by atoms with Gasteiger partial charge in [-0.05, 0) is 36.4 Å². The summed E-state index contributed by atoms with van der Waals surface area (Å²) in [5.41, 5.74) is 2.24. The van der Waals surface area contributed by atoms with Gasteiger partial charge in [-0.25, -0.2) is 9.37 Å². The topological polar surface area (TPSA) is 28.7 Å². The maximum Gasteiger partial charge on any atom is 0.138 e. The van der Waals surface area contributed by atoms with Gasteiger partial charge in [0.2, 0.25) is 0 Å². The van der Waals surface area contributed by atoms with E-state index in [0.29, 0.717) is 16.4 Å². The molecule has 0 saturated carbocycles. The third kappa shape index (κ3) is 2.13. The minimum Gasteiger partial charge on any atom is -0.338 e. The first kappa shape index (κ1) is 11.7. The van der Waals surface area contributed by atoms with Gasteiger partial charge in [-0.1, -0.05) is 27.5 Å². The quantitative estimate of drug-likeness (QED) is 0.685. The first-order valence-electron chi connectivity index (χ1n) is 5.23. The number of imidazole rings is 1. The number of hydrogen-bond donors (Lipinski definition) is 1. The number of nitrogens with one attached hydrogen (secondary N) is 1. The van der Waals surface area contributed by atoms with Crippen molar-refractivity contribution in [2.24, 2.45) is 0 Å². The summed E-state index contributed by atoms with van der Waals surface area (Å²) < 4.78 is 14.0. The van der Waals surface area contributed by atoms with Crippen LogP contribution in [0.1, 0.15) is 0 Å². The summed E-state index contributed by atoms with van der Waals surface area (Å²) in [4.78, 5) is 7.48. The van der Waals surface area contributed by atoms with E-state index in [9.17, 15) is 4.39 Å². The second-order valence-electron chi connectivity index (χ2n) is 3.91. The number of H-pyrrole nitrogens is 1. The van der Waals surface area contributed by atoms with Gasteiger partial charge in [0.25, 0.3) is 0 Å². The highest BCUT2D eigenvalue weighted by Crippen LogP contribution is 2.27. The molecule has 3 aromatic rings. The van der Waals surface area contributed by atoms with E-state index in [-0.39, 0.29) is 5.82 Å². The smallest absolute Gasteiger partial charge is 0.138 e. The molecule has 18 heavy (non-hydrogen) atoms. The zero-order valence-electron chi connectivity index (χ0n) is 9.05. The Balaban J connectivity index is 2.19. The number of aromatic amines is 1. The molecule has 1 heterocycles. The molecule has 0 bridgehead atoms. The molecule has 0 spiro atoms. The van der Waals surface area contributed by atoms with Gasteiger partial charge in [-0.2, -0.15) is 0 Å². The molecule has 0 aliphatic carbocycles. The van der Waals surface area contributed by atoms with Crippen molar-refractivity contribution in [3.63, 3.8) is 0 Å². The molecule has 0 fully saturated rings. The maximum atomic E-state index is 13.1. The van der Waals surface area contributed by atoms with Gasteiger partial charge in [0.15, 0.2) is 0 Å². The molecule has 3 rings (SSSR count). The second-order valence-corrected chi connectivity index (χ2v) is 5.26. The molecule has 0 radical (unpaired) electrons. The van der Waals surface area contributed by atoms with Crippen LogP contribution in [0.15, 0.2) is 40.9 Å². The molecule has 0 atom stereocenters. The molecule has 1 N–H and O–H groups in total. The Morgan fingerprint density at radius 1 is 1.17 bits per heavy atom. The summed E-state index contributed by atoms with van der Waals surface area (Å²) >= 11 is 9.37. The average molecular weight is 326 g/mol. The normalized spacial score (nSPS) is 11.1. The molecule has 2 nitrogen and oxygen atoms in total. The van der Waals surface area contributed by atoms with E-state index in [1.54, 1.807) is 18.2 Å². The summed E-state index contributed by atoms with van der Waals surface area (Å²) in [6.07, 6.45) is 0. The Hall–Kier alpha value is -1.39. The lowest BCUT2D eigenvalue weighted by molar-refractivity contribution is 0.629. The van der Waals surface area contributed by atoms with Gasteiger partial charge in [-0.15, -0.1) is 0 Å². The summed E-state index contributed by atoms with van der Waals surface area (Å²) in [5, 5.41) is 0.617. The first-order valence-corrected chi connectivity index (χ1v) is 6.41. The van der Waals surface area contributed by atoms with Crippen LogP contribution in [0.25, 0.3) is 22.4 Å². The van der Waals surface area contributed by atoms with E-state index in [2.05, 4.69) is 25.9 Å². The van der Waals surface area contributed by atoms with E-state index >= 15 is 0 Å². The highest BCUT2D eigenvalue weighted by Gasteiger charge is 2.07. The summed E-state index contributed by atoms with van der Waals surface area (Å²) in [6, 6.07) is 9.96. The van der Waals surface area contributed by atoms with Crippen LogP contribution >= 0.6 is 27.5 Å². The van der Waals surface area contributed by atoms with Gasteiger partial charge in [0.05, 0.1) is 11.0 Å². The first-order chi connectivity index (χ1) is 8.61. The Labute approximate surface area is 116 Å². The third-order valence-corrected chi connectivity index (χ3v) is 3.26. The van der Waals surface area contributed by atoms with Crippen LogP contribution in [-0.4, -0.2) is 9.97 Å². The zero-order valence-corrected chi connectivity index (χ0v) is 11.4. The number of halogens is 3. The molecular formula is C13H7BrClFN2. The van der Waals surface area contributed by atoms with Gasteiger partial charge in [-0.3, -0.25) is 0 Å². The fourth-order valence-corrected chi connectivity index (χ4v) is 2.67. The van der Waals surface area contributed by atoms with E-state index in [4.69, 9.17) is 11.6 Å².